The molecule has 1 aromatic heterocycles. The van der Waals surface area contributed by atoms with Crippen molar-refractivity contribution in [2.75, 3.05) is 18.4 Å². The fraction of sp³-hybridized carbons (Fsp3) is 0.412. The molecule has 23 heavy (non-hydrogen) atoms. The Labute approximate surface area is 136 Å². The van der Waals surface area contributed by atoms with E-state index in [2.05, 4.69) is 10.4 Å². The molecular formula is C17H22N4O2. The SMILES string of the molecule is Cc1cn(-c2ccccc2)nc1NC(=O)N1C[C@@H](C)O[C@H](C)C1. The van der Waals surface area contributed by atoms with Crippen molar-refractivity contribution in [1.82, 2.24) is 14.7 Å². The number of amides is 2. The predicted molar refractivity (Wildman–Crippen MR) is 88.9 cm³/mol. The highest BCUT2D eigenvalue weighted by Gasteiger charge is 2.26. The number of carbonyl (C=O) groups is 1. The van der Waals surface area contributed by atoms with E-state index >= 15 is 0 Å². The van der Waals surface area contributed by atoms with Crippen LogP contribution in [0.2, 0.25) is 0 Å². The summed E-state index contributed by atoms with van der Waals surface area (Å²) in [5.41, 5.74) is 1.89. The highest BCUT2D eigenvalue weighted by molar-refractivity contribution is 5.89. The van der Waals surface area contributed by atoms with Crippen molar-refractivity contribution in [1.29, 1.82) is 0 Å². The average molecular weight is 314 g/mol. The molecule has 0 spiro atoms. The molecular weight excluding hydrogens is 292 g/mol. The maximum absolute atomic E-state index is 12.5. The maximum atomic E-state index is 12.5. The number of carbonyl (C=O) groups excluding carboxylic acids is 1. The fourth-order valence-corrected chi connectivity index (χ4v) is 2.82. The van der Waals surface area contributed by atoms with E-state index < -0.39 is 0 Å². The minimum Gasteiger partial charge on any atom is -0.372 e. The Morgan fingerprint density at radius 3 is 2.52 bits per heavy atom. The molecule has 6 heteroatoms. The van der Waals surface area contributed by atoms with E-state index in [0.717, 1.165) is 11.3 Å². The Morgan fingerprint density at radius 1 is 1.22 bits per heavy atom. The van der Waals surface area contributed by atoms with Crippen LogP contribution in [0, 0.1) is 6.92 Å². The van der Waals surface area contributed by atoms with E-state index in [9.17, 15) is 4.79 Å². The minimum absolute atomic E-state index is 0.0486. The molecule has 2 atom stereocenters. The first kappa shape index (κ1) is 15.6. The average Bonchev–Trinajstić information content (AvgIpc) is 2.88. The van der Waals surface area contributed by atoms with Gasteiger partial charge in [-0.15, -0.1) is 5.10 Å². The largest absolute Gasteiger partial charge is 0.372 e. The predicted octanol–water partition coefficient (Wildman–Crippen LogP) is 2.82. The number of hydrogen-bond donors (Lipinski definition) is 1. The molecule has 0 radical (unpaired) electrons. The minimum atomic E-state index is -0.131. The number of nitrogens with one attached hydrogen (secondary N) is 1. The molecule has 0 saturated carbocycles. The van der Waals surface area contributed by atoms with Gasteiger partial charge in [0.15, 0.2) is 5.82 Å². The van der Waals surface area contributed by atoms with Gasteiger partial charge in [-0.05, 0) is 32.9 Å². The molecule has 122 valence electrons. The molecule has 2 heterocycles. The number of nitrogens with zero attached hydrogens (tertiary/aromatic N) is 3. The van der Waals surface area contributed by atoms with Crippen molar-refractivity contribution < 1.29 is 9.53 Å². The molecule has 3 rings (SSSR count). The fourth-order valence-electron chi connectivity index (χ4n) is 2.82. The van der Waals surface area contributed by atoms with E-state index in [1.807, 2.05) is 57.3 Å². The number of para-hydroxylation sites is 1. The molecule has 2 amide bonds. The summed E-state index contributed by atoms with van der Waals surface area (Å²) in [6.07, 6.45) is 2.01. The van der Waals surface area contributed by atoms with Gasteiger partial charge in [-0.2, -0.15) is 0 Å². The molecule has 1 fully saturated rings. The Hall–Kier alpha value is -2.34. The molecule has 1 saturated heterocycles. The summed E-state index contributed by atoms with van der Waals surface area (Å²) < 4.78 is 7.43. The summed E-state index contributed by atoms with van der Waals surface area (Å²) in [7, 11) is 0. The van der Waals surface area contributed by atoms with E-state index in [1.165, 1.54) is 0 Å². The van der Waals surface area contributed by atoms with Crippen LogP contribution in [-0.2, 0) is 4.74 Å². The third kappa shape index (κ3) is 3.53. The third-order valence-corrected chi connectivity index (χ3v) is 3.85. The summed E-state index contributed by atoms with van der Waals surface area (Å²) in [5, 5.41) is 7.39. The van der Waals surface area contributed by atoms with E-state index in [-0.39, 0.29) is 18.2 Å². The second kappa shape index (κ2) is 6.42. The first-order chi connectivity index (χ1) is 11.0. The van der Waals surface area contributed by atoms with Gasteiger partial charge in [0, 0.05) is 24.8 Å². The van der Waals surface area contributed by atoms with Crippen molar-refractivity contribution >= 4 is 11.8 Å². The Bertz CT molecular complexity index is 673. The van der Waals surface area contributed by atoms with Crippen LogP contribution in [0.25, 0.3) is 5.69 Å². The third-order valence-electron chi connectivity index (χ3n) is 3.85. The highest BCUT2D eigenvalue weighted by atomic mass is 16.5. The summed E-state index contributed by atoms with van der Waals surface area (Å²) in [6, 6.07) is 9.70. The van der Waals surface area contributed by atoms with Crippen molar-refractivity contribution in [2.24, 2.45) is 0 Å². The van der Waals surface area contributed by atoms with Gasteiger partial charge >= 0.3 is 6.03 Å². The van der Waals surface area contributed by atoms with E-state index in [1.54, 1.807) is 9.58 Å². The lowest BCUT2D eigenvalue weighted by Gasteiger charge is -2.35. The van der Waals surface area contributed by atoms with Crippen LogP contribution in [0.4, 0.5) is 10.6 Å². The molecule has 1 aliphatic rings. The van der Waals surface area contributed by atoms with Crippen LogP contribution in [0.3, 0.4) is 0 Å². The molecule has 6 nitrogen and oxygen atoms in total. The van der Waals surface area contributed by atoms with Gasteiger partial charge < -0.3 is 9.64 Å². The monoisotopic (exact) mass is 314 g/mol. The lowest BCUT2D eigenvalue weighted by Crippen LogP contribution is -2.49. The molecule has 1 aromatic carbocycles. The Balaban J connectivity index is 1.73. The van der Waals surface area contributed by atoms with Crippen LogP contribution in [0.15, 0.2) is 36.5 Å². The zero-order chi connectivity index (χ0) is 16.4. The number of benzene rings is 1. The lowest BCUT2D eigenvalue weighted by molar-refractivity contribution is -0.0530. The smallest absolute Gasteiger partial charge is 0.323 e. The second-order valence-corrected chi connectivity index (χ2v) is 6.03. The van der Waals surface area contributed by atoms with Crippen LogP contribution < -0.4 is 5.32 Å². The van der Waals surface area contributed by atoms with Crippen molar-refractivity contribution in [3.8, 4) is 5.69 Å². The Morgan fingerprint density at radius 2 is 1.87 bits per heavy atom. The van der Waals surface area contributed by atoms with Crippen molar-refractivity contribution in [2.45, 2.75) is 33.0 Å². The van der Waals surface area contributed by atoms with Crippen LogP contribution in [0.1, 0.15) is 19.4 Å². The number of urea groups is 1. The standard InChI is InChI=1S/C17H22N4O2/c1-12-9-21(15-7-5-4-6-8-15)19-16(12)18-17(22)20-10-13(2)23-14(3)11-20/h4-9,13-14H,10-11H2,1-3H3,(H,18,19,22)/t13-,14-/m1/s1. The zero-order valence-electron chi connectivity index (χ0n) is 13.7. The zero-order valence-corrected chi connectivity index (χ0v) is 13.7. The summed E-state index contributed by atoms with van der Waals surface area (Å²) >= 11 is 0. The van der Waals surface area contributed by atoms with Crippen LogP contribution in [-0.4, -0.2) is 46.0 Å². The summed E-state index contributed by atoms with van der Waals surface area (Å²) in [6.45, 7) is 7.08. The van der Waals surface area contributed by atoms with Crippen molar-refractivity contribution in [3.05, 3.63) is 42.1 Å². The van der Waals surface area contributed by atoms with Gasteiger partial charge in [0.2, 0.25) is 0 Å². The first-order valence-electron chi connectivity index (χ1n) is 7.86. The van der Waals surface area contributed by atoms with Crippen LogP contribution >= 0.6 is 0 Å². The number of morpholine rings is 1. The van der Waals surface area contributed by atoms with E-state index in [0.29, 0.717) is 18.9 Å². The van der Waals surface area contributed by atoms with Gasteiger partial charge in [0.05, 0.1) is 17.9 Å². The number of aromatic nitrogens is 2. The summed E-state index contributed by atoms with van der Waals surface area (Å²) in [4.78, 5) is 14.2. The molecule has 1 N–H and O–H groups in total. The number of hydrogen-bond acceptors (Lipinski definition) is 3. The molecule has 0 unspecified atom stereocenters. The van der Waals surface area contributed by atoms with Gasteiger partial charge in [-0.1, -0.05) is 18.2 Å². The second-order valence-electron chi connectivity index (χ2n) is 6.03. The van der Waals surface area contributed by atoms with Crippen LogP contribution in [0.5, 0.6) is 0 Å². The lowest BCUT2D eigenvalue weighted by atomic mass is 10.2. The quantitative estimate of drug-likeness (QED) is 0.927. The van der Waals surface area contributed by atoms with E-state index in [4.69, 9.17) is 4.74 Å². The normalized spacial score (nSPS) is 21.3. The van der Waals surface area contributed by atoms with Crippen molar-refractivity contribution in [3.63, 3.8) is 0 Å². The van der Waals surface area contributed by atoms with Gasteiger partial charge in [-0.25, -0.2) is 9.48 Å². The highest BCUT2D eigenvalue weighted by Crippen LogP contribution is 2.17. The molecule has 1 aliphatic heterocycles. The number of anilines is 1. The maximum Gasteiger partial charge on any atom is 0.323 e. The number of aryl methyl sites for hydroxylation is 1. The van der Waals surface area contributed by atoms with Gasteiger partial charge in [-0.3, -0.25) is 5.32 Å². The Kier molecular flexibility index (Phi) is 4.34. The topological polar surface area (TPSA) is 59.4 Å². The summed E-state index contributed by atoms with van der Waals surface area (Å²) in [5.74, 6) is 0.589. The number of ether oxygens (including phenoxy) is 1. The first-order valence-corrected chi connectivity index (χ1v) is 7.86. The molecule has 0 bridgehead atoms. The molecule has 0 aliphatic carbocycles. The van der Waals surface area contributed by atoms with Gasteiger partial charge in [0.1, 0.15) is 0 Å². The number of rotatable bonds is 2. The molecule has 2 aromatic rings. The van der Waals surface area contributed by atoms with Gasteiger partial charge in [0.25, 0.3) is 0 Å².